The first-order valence-electron chi connectivity index (χ1n) is 6.48. The summed E-state index contributed by atoms with van der Waals surface area (Å²) in [4.78, 5) is 22.4. The Hall–Kier alpha value is -1.56. The summed E-state index contributed by atoms with van der Waals surface area (Å²) in [6, 6.07) is 1.73. The second-order valence-corrected chi connectivity index (χ2v) is 6.39. The lowest BCUT2D eigenvalue weighted by Crippen LogP contribution is -2.40. The van der Waals surface area contributed by atoms with Crippen LogP contribution in [0.15, 0.2) is 16.8 Å². The topological polar surface area (TPSA) is 75.6 Å². The van der Waals surface area contributed by atoms with Crippen LogP contribution in [0.5, 0.6) is 0 Å². The Kier molecular flexibility index (Phi) is 6.01. The van der Waals surface area contributed by atoms with Gasteiger partial charge >= 0.3 is 12.1 Å². The van der Waals surface area contributed by atoms with E-state index in [9.17, 15) is 9.59 Å². The number of carbonyl (C=O) groups is 2. The standard InChI is InChI=1S/C14H21NO4S/c1-14(2,3)19-13(18)15-11(4-5-12(16)17)8-10-6-7-20-9-10/h6-7,9,11H,4-5,8H2,1-3H3,(H,15,18)(H,16,17). The molecule has 1 aromatic heterocycles. The molecule has 0 aliphatic rings. The average Bonchev–Trinajstić information content (AvgIpc) is 2.75. The molecular formula is C14H21NO4S. The van der Waals surface area contributed by atoms with E-state index in [1.165, 1.54) is 0 Å². The van der Waals surface area contributed by atoms with Gasteiger partial charge in [-0.2, -0.15) is 11.3 Å². The second-order valence-electron chi connectivity index (χ2n) is 5.61. The first-order valence-corrected chi connectivity index (χ1v) is 7.43. The van der Waals surface area contributed by atoms with Gasteiger partial charge in [-0.3, -0.25) is 4.79 Å². The highest BCUT2D eigenvalue weighted by Crippen LogP contribution is 2.13. The first kappa shape index (κ1) is 16.5. The number of carboxylic acid groups (broad SMARTS) is 1. The molecule has 1 rings (SSSR count). The van der Waals surface area contributed by atoms with Gasteiger partial charge in [0.15, 0.2) is 0 Å². The molecule has 112 valence electrons. The monoisotopic (exact) mass is 299 g/mol. The number of hydrogen-bond acceptors (Lipinski definition) is 4. The third kappa shape index (κ3) is 7.13. The van der Waals surface area contributed by atoms with E-state index in [2.05, 4.69) is 5.32 Å². The zero-order valence-corrected chi connectivity index (χ0v) is 12.8. The smallest absolute Gasteiger partial charge is 0.407 e. The zero-order valence-electron chi connectivity index (χ0n) is 12.0. The van der Waals surface area contributed by atoms with Crippen LogP contribution in [0, 0.1) is 0 Å². The Morgan fingerprint density at radius 3 is 2.65 bits per heavy atom. The molecule has 0 spiro atoms. The fourth-order valence-corrected chi connectivity index (χ4v) is 2.37. The van der Waals surface area contributed by atoms with Crippen molar-refractivity contribution in [1.29, 1.82) is 0 Å². The maximum absolute atomic E-state index is 11.8. The molecule has 20 heavy (non-hydrogen) atoms. The summed E-state index contributed by atoms with van der Waals surface area (Å²) in [6.45, 7) is 5.37. The van der Waals surface area contributed by atoms with Crippen molar-refractivity contribution in [1.82, 2.24) is 5.32 Å². The summed E-state index contributed by atoms with van der Waals surface area (Å²) in [5.41, 5.74) is 0.519. The first-order chi connectivity index (χ1) is 9.26. The van der Waals surface area contributed by atoms with Crippen molar-refractivity contribution >= 4 is 23.4 Å². The molecule has 0 aromatic carbocycles. The van der Waals surface area contributed by atoms with E-state index in [-0.39, 0.29) is 12.5 Å². The van der Waals surface area contributed by atoms with Crippen LogP contribution in [-0.4, -0.2) is 28.8 Å². The largest absolute Gasteiger partial charge is 0.481 e. The van der Waals surface area contributed by atoms with Gasteiger partial charge in [-0.25, -0.2) is 4.79 Å². The minimum Gasteiger partial charge on any atom is -0.481 e. The highest BCUT2D eigenvalue weighted by molar-refractivity contribution is 7.07. The van der Waals surface area contributed by atoms with Crippen molar-refractivity contribution in [3.05, 3.63) is 22.4 Å². The number of ether oxygens (including phenoxy) is 1. The molecule has 1 amide bonds. The zero-order chi connectivity index (χ0) is 15.2. The number of amides is 1. The van der Waals surface area contributed by atoms with Crippen LogP contribution < -0.4 is 5.32 Å². The summed E-state index contributed by atoms with van der Waals surface area (Å²) in [6.07, 6.45) is 0.494. The normalized spacial score (nSPS) is 12.8. The fourth-order valence-electron chi connectivity index (χ4n) is 1.69. The van der Waals surface area contributed by atoms with Gasteiger partial charge in [-0.15, -0.1) is 0 Å². The predicted molar refractivity (Wildman–Crippen MR) is 78.1 cm³/mol. The van der Waals surface area contributed by atoms with E-state index in [0.717, 1.165) is 5.56 Å². The Balaban J connectivity index is 2.57. The lowest BCUT2D eigenvalue weighted by molar-refractivity contribution is -0.137. The quantitative estimate of drug-likeness (QED) is 0.846. The number of alkyl carbamates (subject to hydrolysis) is 1. The number of nitrogens with one attached hydrogen (secondary N) is 1. The van der Waals surface area contributed by atoms with Crippen molar-refractivity contribution < 1.29 is 19.4 Å². The van der Waals surface area contributed by atoms with Gasteiger partial charge in [0.2, 0.25) is 0 Å². The highest BCUT2D eigenvalue weighted by atomic mass is 32.1. The number of carboxylic acids is 1. The number of hydrogen-bond donors (Lipinski definition) is 2. The molecule has 6 heteroatoms. The molecule has 0 saturated heterocycles. The number of rotatable bonds is 6. The molecule has 0 saturated carbocycles. The van der Waals surface area contributed by atoms with E-state index < -0.39 is 17.7 Å². The molecule has 0 bridgehead atoms. The molecule has 2 N–H and O–H groups in total. The van der Waals surface area contributed by atoms with Gasteiger partial charge in [0.1, 0.15) is 5.60 Å². The van der Waals surface area contributed by atoms with Crippen molar-refractivity contribution in [3.63, 3.8) is 0 Å². The summed E-state index contributed by atoms with van der Waals surface area (Å²) < 4.78 is 5.20. The van der Waals surface area contributed by atoms with Crippen LogP contribution in [-0.2, 0) is 16.0 Å². The van der Waals surface area contributed by atoms with E-state index in [4.69, 9.17) is 9.84 Å². The van der Waals surface area contributed by atoms with Crippen LogP contribution in [0.2, 0.25) is 0 Å². The molecule has 1 aromatic rings. The molecule has 1 atom stereocenters. The Morgan fingerprint density at radius 2 is 2.15 bits per heavy atom. The third-order valence-electron chi connectivity index (χ3n) is 2.49. The SMILES string of the molecule is CC(C)(C)OC(=O)NC(CCC(=O)O)Cc1ccsc1. The maximum atomic E-state index is 11.8. The van der Waals surface area contributed by atoms with Crippen molar-refractivity contribution in [2.75, 3.05) is 0 Å². The van der Waals surface area contributed by atoms with Crippen LogP contribution in [0.25, 0.3) is 0 Å². The molecule has 0 aliphatic heterocycles. The molecule has 1 unspecified atom stereocenters. The highest BCUT2D eigenvalue weighted by Gasteiger charge is 2.20. The Labute approximate surface area is 123 Å². The van der Waals surface area contributed by atoms with E-state index >= 15 is 0 Å². The lowest BCUT2D eigenvalue weighted by Gasteiger charge is -2.23. The van der Waals surface area contributed by atoms with Crippen molar-refractivity contribution in [3.8, 4) is 0 Å². The van der Waals surface area contributed by atoms with Gasteiger partial charge < -0.3 is 15.2 Å². The molecular weight excluding hydrogens is 278 g/mol. The van der Waals surface area contributed by atoms with Crippen LogP contribution >= 0.6 is 11.3 Å². The van der Waals surface area contributed by atoms with Gasteiger partial charge in [0, 0.05) is 12.5 Å². The molecule has 0 radical (unpaired) electrons. The Bertz CT molecular complexity index is 437. The maximum Gasteiger partial charge on any atom is 0.407 e. The second kappa shape index (κ2) is 7.28. The van der Waals surface area contributed by atoms with Gasteiger partial charge in [0.05, 0.1) is 0 Å². The Morgan fingerprint density at radius 1 is 1.45 bits per heavy atom. The predicted octanol–water partition coefficient (Wildman–Crippen LogP) is 3.05. The minimum atomic E-state index is -0.869. The van der Waals surface area contributed by atoms with Crippen molar-refractivity contribution in [2.45, 2.75) is 51.7 Å². The summed E-state index contributed by atoms with van der Waals surface area (Å²) in [5, 5.41) is 15.5. The van der Waals surface area contributed by atoms with E-state index in [1.807, 2.05) is 16.8 Å². The number of aliphatic carboxylic acids is 1. The summed E-state index contributed by atoms with van der Waals surface area (Å²) >= 11 is 1.57. The van der Waals surface area contributed by atoms with Crippen LogP contribution in [0.3, 0.4) is 0 Å². The van der Waals surface area contributed by atoms with Gasteiger partial charge in [0.25, 0.3) is 0 Å². The number of thiophene rings is 1. The van der Waals surface area contributed by atoms with Crippen LogP contribution in [0.4, 0.5) is 4.79 Å². The molecule has 5 nitrogen and oxygen atoms in total. The van der Waals surface area contributed by atoms with E-state index in [1.54, 1.807) is 32.1 Å². The minimum absolute atomic E-state index is 0.0185. The summed E-state index contributed by atoms with van der Waals surface area (Å²) in [7, 11) is 0. The number of carbonyl (C=O) groups excluding carboxylic acids is 1. The van der Waals surface area contributed by atoms with Gasteiger partial charge in [-0.1, -0.05) is 0 Å². The lowest BCUT2D eigenvalue weighted by atomic mass is 10.0. The van der Waals surface area contributed by atoms with Crippen LogP contribution in [0.1, 0.15) is 39.2 Å². The molecule has 0 aliphatic carbocycles. The summed E-state index contributed by atoms with van der Waals surface area (Å²) in [5.74, 6) is -0.869. The third-order valence-corrected chi connectivity index (χ3v) is 3.22. The van der Waals surface area contributed by atoms with Gasteiger partial charge in [-0.05, 0) is 56.0 Å². The molecule has 1 heterocycles. The average molecular weight is 299 g/mol. The fraction of sp³-hybridized carbons (Fsp3) is 0.571. The van der Waals surface area contributed by atoms with Crippen molar-refractivity contribution in [2.24, 2.45) is 0 Å². The van der Waals surface area contributed by atoms with E-state index in [0.29, 0.717) is 12.8 Å². The molecule has 0 fully saturated rings.